The van der Waals surface area contributed by atoms with Crippen molar-refractivity contribution >= 4 is 36.0 Å². The van der Waals surface area contributed by atoms with Gasteiger partial charge in [0.1, 0.15) is 6.61 Å². The Hall–Kier alpha value is -2.77. The number of hydrogen-bond donors (Lipinski definition) is 2. The molecule has 1 aliphatic rings. The Balaban J connectivity index is 0.00000320. The van der Waals surface area contributed by atoms with Crippen LogP contribution in [0.2, 0.25) is 0 Å². The second-order valence-electron chi connectivity index (χ2n) is 6.97. The Kier molecular flexibility index (Phi) is 9.97. The summed E-state index contributed by atoms with van der Waals surface area (Å²) in [5, 5.41) is 5.36. The zero-order valence-electron chi connectivity index (χ0n) is 16.8. The summed E-state index contributed by atoms with van der Waals surface area (Å²) in [4.78, 5) is 26.6. The molecule has 0 aliphatic carbocycles. The Bertz CT molecular complexity index is 770. The molecule has 1 aliphatic heterocycles. The van der Waals surface area contributed by atoms with E-state index in [4.69, 9.17) is 9.47 Å². The number of benzene rings is 2. The predicted octanol–water partition coefficient (Wildman–Crippen LogP) is 4.76. The molecule has 0 aromatic heterocycles. The quantitative estimate of drug-likeness (QED) is 0.658. The van der Waals surface area contributed by atoms with Gasteiger partial charge in [0, 0.05) is 17.9 Å². The minimum Gasteiger partial charge on any atom is -0.445 e. The summed E-state index contributed by atoms with van der Waals surface area (Å²) in [6.07, 6.45) is 1.76. The molecular weight excluding hydrogens is 406 g/mol. The number of ether oxygens (including phenoxy) is 2. The number of hydrogen-bond acceptors (Lipinski definition) is 5. The van der Waals surface area contributed by atoms with E-state index in [2.05, 4.69) is 15.5 Å². The van der Waals surface area contributed by atoms with Gasteiger partial charge in [-0.3, -0.25) is 15.5 Å². The summed E-state index contributed by atoms with van der Waals surface area (Å²) < 4.78 is 10.9. The van der Waals surface area contributed by atoms with Gasteiger partial charge in [0.05, 0.1) is 0 Å². The van der Waals surface area contributed by atoms with Crippen LogP contribution in [0.1, 0.15) is 19.3 Å². The first-order chi connectivity index (χ1) is 14.2. The molecule has 30 heavy (non-hydrogen) atoms. The fourth-order valence-electron chi connectivity index (χ4n) is 3.22. The Morgan fingerprint density at radius 1 is 0.833 bits per heavy atom. The lowest BCUT2D eigenvalue weighted by Gasteiger charge is -2.30. The van der Waals surface area contributed by atoms with Crippen molar-refractivity contribution < 1.29 is 19.1 Å². The number of rotatable bonds is 7. The smallest absolute Gasteiger partial charge is 0.412 e. The summed E-state index contributed by atoms with van der Waals surface area (Å²) in [6, 6.07) is 18.2. The molecule has 2 N–H and O–H groups in total. The third-order valence-electron chi connectivity index (χ3n) is 4.62. The maximum Gasteiger partial charge on any atom is 0.412 e. The van der Waals surface area contributed by atoms with E-state index >= 15 is 0 Å². The second-order valence-corrected chi connectivity index (χ2v) is 6.97. The first-order valence-corrected chi connectivity index (χ1v) is 9.93. The molecule has 0 saturated carbocycles. The number of halogens is 1. The molecule has 3 rings (SSSR count). The molecule has 2 amide bonds. The lowest BCUT2D eigenvalue weighted by atomic mass is 10.1. The van der Waals surface area contributed by atoms with Crippen LogP contribution in [-0.4, -0.2) is 49.4 Å². The van der Waals surface area contributed by atoms with Crippen LogP contribution >= 0.6 is 12.4 Å². The zero-order valence-corrected chi connectivity index (χ0v) is 17.6. The van der Waals surface area contributed by atoms with Gasteiger partial charge in [-0.05, 0) is 50.2 Å². The van der Waals surface area contributed by atoms with Crippen LogP contribution in [0.15, 0.2) is 60.7 Å². The molecule has 8 heteroatoms. The van der Waals surface area contributed by atoms with Crippen LogP contribution in [0.4, 0.5) is 21.0 Å². The van der Waals surface area contributed by atoms with Crippen molar-refractivity contribution in [1.29, 1.82) is 0 Å². The van der Waals surface area contributed by atoms with Crippen LogP contribution in [0, 0.1) is 0 Å². The summed E-state index contributed by atoms with van der Waals surface area (Å²) in [5.74, 6) is 0. The summed E-state index contributed by atoms with van der Waals surface area (Å²) in [7, 11) is 0. The van der Waals surface area contributed by atoms with Crippen LogP contribution in [0.25, 0.3) is 0 Å². The lowest BCUT2D eigenvalue weighted by Crippen LogP contribution is -2.41. The van der Waals surface area contributed by atoms with Gasteiger partial charge in [-0.2, -0.15) is 0 Å². The number of piperidine rings is 1. The van der Waals surface area contributed by atoms with Gasteiger partial charge in [-0.15, -0.1) is 12.4 Å². The molecule has 0 bridgehead atoms. The number of para-hydroxylation sites is 2. The summed E-state index contributed by atoms with van der Waals surface area (Å²) in [5.41, 5.74) is 1.30. The van der Waals surface area contributed by atoms with E-state index in [0.717, 1.165) is 25.9 Å². The average Bonchev–Trinajstić information content (AvgIpc) is 2.74. The molecular formula is C22H28ClN3O4. The standard InChI is InChI=1S/C22H27N3O4.ClH/c26-21(23-18-10-4-1-5-11-18)28-17-20(16-25-14-8-3-9-15-25)29-22(27)24-19-12-6-2-7-13-19;/h1-2,4-7,10-13,20H,3,8-9,14-17H2,(H,23,26)(H,24,27);1H/t20-;/m0./s1. The van der Waals surface area contributed by atoms with E-state index in [-0.39, 0.29) is 19.0 Å². The van der Waals surface area contributed by atoms with E-state index in [1.54, 1.807) is 24.3 Å². The summed E-state index contributed by atoms with van der Waals surface area (Å²) >= 11 is 0. The molecule has 0 radical (unpaired) electrons. The topological polar surface area (TPSA) is 79.9 Å². The first-order valence-electron chi connectivity index (χ1n) is 9.93. The highest BCUT2D eigenvalue weighted by Crippen LogP contribution is 2.12. The highest BCUT2D eigenvalue weighted by Gasteiger charge is 2.22. The Labute approximate surface area is 183 Å². The number of amides is 2. The fourth-order valence-corrected chi connectivity index (χ4v) is 3.22. The molecule has 1 saturated heterocycles. The van der Waals surface area contributed by atoms with E-state index in [1.807, 2.05) is 36.4 Å². The van der Waals surface area contributed by atoms with Gasteiger partial charge in [0.25, 0.3) is 0 Å². The van der Waals surface area contributed by atoms with E-state index in [0.29, 0.717) is 17.9 Å². The predicted molar refractivity (Wildman–Crippen MR) is 119 cm³/mol. The minimum atomic E-state index is -0.577. The van der Waals surface area contributed by atoms with Gasteiger partial charge < -0.3 is 9.47 Å². The fraction of sp³-hybridized carbons (Fsp3) is 0.364. The van der Waals surface area contributed by atoms with E-state index in [1.165, 1.54) is 6.42 Å². The van der Waals surface area contributed by atoms with Crippen molar-refractivity contribution in [2.24, 2.45) is 0 Å². The molecule has 1 atom stereocenters. The molecule has 0 spiro atoms. The third-order valence-corrected chi connectivity index (χ3v) is 4.62. The average molecular weight is 434 g/mol. The van der Waals surface area contributed by atoms with Crippen molar-refractivity contribution in [3.63, 3.8) is 0 Å². The molecule has 2 aromatic carbocycles. The Morgan fingerprint density at radius 3 is 1.93 bits per heavy atom. The number of nitrogens with zero attached hydrogens (tertiary/aromatic N) is 1. The molecule has 1 heterocycles. The number of anilines is 2. The first kappa shape index (κ1) is 23.5. The normalized spacial score (nSPS) is 14.7. The number of nitrogens with one attached hydrogen (secondary N) is 2. The maximum atomic E-state index is 12.3. The van der Waals surface area contributed by atoms with Crippen LogP contribution < -0.4 is 10.6 Å². The van der Waals surface area contributed by atoms with Crippen molar-refractivity contribution in [3.8, 4) is 0 Å². The maximum absolute atomic E-state index is 12.3. The molecule has 162 valence electrons. The largest absolute Gasteiger partial charge is 0.445 e. The molecule has 7 nitrogen and oxygen atoms in total. The van der Waals surface area contributed by atoms with Gasteiger partial charge in [0.2, 0.25) is 0 Å². The van der Waals surface area contributed by atoms with Crippen LogP contribution in [-0.2, 0) is 9.47 Å². The molecule has 2 aromatic rings. The second kappa shape index (κ2) is 12.7. The number of carbonyl (C=O) groups excluding carboxylic acids is 2. The van der Waals surface area contributed by atoms with Gasteiger partial charge in [-0.25, -0.2) is 9.59 Å². The van der Waals surface area contributed by atoms with Gasteiger partial charge in [-0.1, -0.05) is 42.8 Å². The monoisotopic (exact) mass is 433 g/mol. The minimum absolute atomic E-state index is 0. The van der Waals surface area contributed by atoms with Crippen molar-refractivity contribution in [3.05, 3.63) is 60.7 Å². The SMILES string of the molecule is Cl.O=C(Nc1ccccc1)OC[C@H](CN1CCCCC1)OC(=O)Nc1ccccc1. The summed E-state index contributed by atoms with van der Waals surface area (Å²) in [6.45, 7) is 2.42. The van der Waals surface area contributed by atoms with Gasteiger partial charge >= 0.3 is 12.2 Å². The van der Waals surface area contributed by atoms with Crippen molar-refractivity contribution in [2.45, 2.75) is 25.4 Å². The number of carbonyl (C=O) groups is 2. The Morgan fingerprint density at radius 2 is 1.37 bits per heavy atom. The molecule has 1 fully saturated rings. The van der Waals surface area contributed by atoms with E-state index < -0.39 is 18.3 Å². The lowest BCUT2D eigenvalue weighted by molar-refractivity contribution is 0.0299. The third kappa shape index (κ3) is 8.31. The highest BCUT2D eigenvalue weighted by atomic mass is 35.5. The van der Waals surface area contributed by atoms with Crippen molar-refractivity contribution in [1.82, 2.24) is 4.90 Å². The van der Waals surface area contributed by atoms with Gasteiger partial charge in [0.15, 0.2) is 6.10 Å². The van der Waals surface area contributed by atoms with E-state index in [9.17, 15) is 9.59 Å². The zero-order chi connectivity index (χ0) is 20.3. The van der Waals surface area contributed by atoms with Crippen LogP contribution in [0.3, 0.4) is 0 Å². The molecule has 0 unspecified atom stereocenters. The number of likely N-dealkylation sites (tertiary alicyclic amines) is 1. The van der Waals surface area contributed by atoms with Crippen molar-refractivity contribution in [2.75, 3.05) is 36.9 Å². The van der Waals surface area contributed by atoms with Crippen LogP contribution in [0.5, 0.6) is 0 Å². The highest BCUT2D eigenvalue weighted by molar-refractivity contribution is 5.86.